The Kier molecular flexibility index (Phi) is 12.4. The van der Waals surface area contributed by atoms with Crippen LogP contribution in [0.25, 0.3) is 10.9 Å². The molecular formula is C40H34ClF3N12O9. The number of ether oxygens (including phenoxy) is 2. The number of imide groups is 2. The highest BCUT2D eigenvalue weighted by Crippen LogP contribution is 2.33. The largest absolute Gasteiger partial charge is 0.377 e. The summed E-state index contributed by atoms with van der Waals surface area (Å²) in [7, 11) is 1.70. The number of anilines is 3. The van der Waals surface area contributed by atoms with Crippen LogP contribution in [0.4, 0.5) is 30.5 Å². The van der Waals surface area contributed by atoms with E-state index in [2.05, 4.69) is 36.3 Å². The first-order valence-corrected chi connectivity index (χ1v) is 20.0. The van der Waals surface area contributed by atoms with Gasteiger partial charge in [-0.25, -0.2) is 32.0 Å². The molecule has 0 radical (unpaired) electrons. The molecule has 3 aromatic heterocycles. The number of hydrogen-bond acceptors (Lipinski definition) is 14. The SMILES string of the molecule is Cn1cc2cc(Nc3nc(=O)n(Cc4cn(CCOCCOCC(=O)Nc5cccc6c5C(=O)N(C5CCC(=O)NC5=O)C6=O)nn4)c(=O)n3Cc3cc(F)c(F)cc3F)c(Cl)cc2n1. The van der Waals surface area contributed by atoms with Gasteiger partial charge >= 0.3 is 11.4 Å². The number of carbonyl (C=O) groups is 5. The van der Waals surface area contributed by atoms with Crippen LogP contribution in [0.5, 0.6) is 0 Å². The predicted octanol–water partition coefficient (Wildman–Crippen LogP) is 1.87. The highest BCUT2D eigenvalue weighted by atomic mass is 35.5. The molecular weight excluding hydrogens is 885 g/mol. The van der Waals surface area contributed by atoms with Gasteiger partial charge in [0.05, 0.1) is 78.7 Å². The van der Waals surface area contributed by atoms with Crippen LogP contribution in [-0.4, -0.2) is 106 Å². The van der Waals surface area contributed by atoms with Crippen LogP contribution in [0.15, 0.2) is 64.4 Å². The summed E-state index contributed by atoms with van der Waals surface area (Å²) in [5.74, 6) is -7.71. The fourth-order valence-electron chi connectivity index (χ4n) is 7.17. The molecule has 6 aromatic rings. The number of carbonyl (C=O) groups excluding carboxylic acids is 5. The van der Waals surface area contributed by atoms with Gasteiger partial charge < -0.3 is 20.1 Å². The molecule has 1 saturated heterocycles. The van der Waals surface area contributed by atoms with Crippen LogP contribution in [0.2, 0.25) is 5.02 Å². The molecule has 0 saturated carbocycles. The third-order valence-electron chi connectivity index (χ3n) is 10.2. The van der Waals surface area contributed by atoms with E-state index in [0.29, 0.717) is 27.6 Å². The molecule has 8 rings (SSSR count). The number of benzene rings is 3. The van der Waals surface area contributed by atoms with Gasteiger partial charge in [-0.1, -0.05) is 22.9 Å². The standard InChI is InChI=1S/C40H34ClF3N12O9/c1-52-15-21-12-30(24(41)13-29(21)50-52)46-38-48-39(62)55(40(63)54(38)16-20-11-26(43)27(44)14-25(20)42)18-22-17-53(51-49-22)7-8-64-9-10-65-19-33(58)45-28-4-2-3-23-34(28)37(61)56(36(23)60)31-5-6-32(57)47-35(31)59/h2-4,11-15,17,31H,5-10,16,18-19H2,1H3,(H,45,58)(H,46,48,62)(H,47,57,59). The van der Waals surface area contributed by atoms with Gasteiger partial charge in [-0.3, -0.25) is 43.4 Å². The van der Waals surface area contributed by atoms with Gasteiger partial charge in [0.1, 0.15) is 24.2 Å². The third-order valence-corrected chi connectivity index (χ3v) is 10.6. The molecule has 1 atom stereocenters. The van der Waals surface area contributed by atoms with Gasteiger partial charge in [0, 0.05) is 36.7 Å². The lowest BCUT2D eigenvalue weighted by Crippen LogP contribution is -2.54. The summed E-state index contributed by atoms with van der Waals surface area (Å²) < 4.78 is 58.3. The Balaban J connectivity index is 0.854. The number of piperidine rings is 1. The van der Waals surface area contributed by atoms with Crippen molar-refractivity contribution in [2.24, 2.45) is 7.05 Å². The van der Waals surface area contributed by atoms with Gasteiger partial charge in [-0.15, -0.1) is 5.10 Å². The molecule has 21 nitrogen and oxygen atoms in total. The minimum absolute atomic E-state index is 0.0000235. The summed E-state index contributed by atoms with van der Waals surface area (Å²) >= 11 is 6.47. The average molecular weight is 919 g/mol. The number of aromatic nitrogens is 8. The molecule has 2 aliphatic rings. The van der Waals surface area contributed by atoms with Crippen LogP contribution >= 0.6 is 11.6 Å². The molecule has 5 amide bonds. The number of amides is 5. The summed E-state index contributed by atoms with van der Waals surface area (Å²) in [5.41, 5.74) is -1.57. The summed E-state index contributed by atoms with van der Waals surface area (Å²) in [4.78, 5) is 95.0. The van der Waals surface area contributed by atoms with Crippen LogP contribution in [0.3, 0.4) is 0 Å². The number of hydrogen-bond donors (Lipinski definition) is 3. The molecule has 1 unspecified atom stereocenters. The van der Waals surface area contributed by atoms with Gasteiger partial charge in [0.15, 0.2) is 11.6 Å². The fourth-order valence-corrected chi connectivity index (χ4v) is 7.38. The minimum Gasteiger partial charge on any atom is -0.377 e. The molecule has 2 aliphatic heterocycles. The van der Waals surface area contributed by atoms with E-state index in [-0.39, 0.29) is 78.4 Å². The lowest BCUT2D eigenvalue weighted by molar-refractivity contribution is -0.136. The number of aryl methyl sites for hydroxylation is 1. The lowest BCUT2D eigenvalue weighted by Gasteiger charge is -2.27. The first-order valence-electron chi connectivity index (χ1n) is 19.6. The van der Waals surface area contributed by atoms with Crippen molar-refractivity contribution in [1.82, 2.24) is 49.1 Å². The van der Waals surface area contributed by atoms with Crippen molar-refractivity contribution in [3.05, 3.63) is 121 Å². The Morgan fingerprint density at radius 2 is 1.69 bits per heavy atom. The number of nitrogens with zero attached hydrogens (tertiary/aromatic N) is 9. The minimum atomic E-state index is -1.43. The highest BCUT2D eigenvalue weighted by Gasteiger charge is 2.45. The maximum atomic E-state index is 14.8. The van der Waals surface area contributed by atoms with Crippen LogP contribution in [0.1, 0.15) is 44.8 Å². The molecule has 0 spiro atoms. The van der Waals surface area contributed by atoms with Crippen molar-refractivity contribution >= 4 is 69.4 Å². The molecule has 1 fully saturated rings. The van der Waals surface area contributed by atoms with Gasteiger partial charge in [-0.05, 0) is 36.8 Å². The number of fused-ring (bicyclic) bond motifs is 2. The van der Waals surface area contributed by atoms with Crippen molar-refractivity contribution in [2.75, 3.05) is 37.1 Å². The smallest absolute Gasteiger partial charge is 0.355 e. The fraction of sp³-hybridized carbons (Fsp3) is 0.275. The van der Waals surface area contributed by atoms with Crippen molar-refractivity contribution in [3.8, 4) is 0 Å². The first kappa shape index (κ1) is 44.1. The number of nitrogens with one attached hydrogen (secondary N) is 3. The van der Waals surface area contributed by atoms with Crippen molar-refractivity contribution < 1.29 is 46.6 Å². The molecule has 336 valence electrons. The van der Waals surface area contributed by atoms with E-state index < -0.39 is 89.7 Å². The highest BCUT2D eigenvalue weighted by molar-refractivity contribution is 6.34. The van der Waals surface area contributed by atoms with E-state index in [4.69, 9.17) is 21.1 Å². The second-order valence-electron chi connectivity index (χ2n) is 14.7. The number of halogens is 4. The van der Waals surface area contributed by atoms with Crippen LogP contribution < -0.4 is 27.3 Å². The Labute approximate surface area is 367 Å². The van der Waals surface area contributed by atoms with Crippen molar-refractivity contribution in [3.63, 3.8) is 0 Å². The van der Waals surface area contributed by atoms with E-state index in [1.54, 1.807) is 30.1 Å². The summed E-state index contributed by atoms with van der Waals surface area (Å²) in [6.07, 6.45) is 3.07. The van der Waals surface area contributed by atoms with E-state index in [1.165, 1.54) is 29.1 Å². The second kappa shape index (κ2) is 18.3. The van der Waals surface area contributed by atoms with E-state index in [9.17, 15) is 46.7 Å². The molecule has 0 aliphatic carbocycles. The predicted molar refractivity (Wildman–Crippen MR) is 220 cm³/mol. The van der Waals surface area contributed by atoms with Crippen LogP contribution in [0, 0.1) is 17.5 Å². The van der Waals surface area contributed by atoms with E-state index in [1.807, 2.05) is 0 Å². The average Bonchev–Trinajstić information content (AvgIpc) is 3.93. The molecule has 3 N–H and O–H groups in total. The third kappa shape index (κ3) is 9.25. The van der Waals surface area contributed by atoms with Gasteiger partial charge in [0.25, 0.3) is 11.8 Å². The Morgan fingerprint density at radius 1 is 0.908 bits per heavy atom. The molecule has 5 heterocycles. The zero-order valence-electron chi connectivity index (χ0n) is 33.8. The Hall–Kier alpha value is -7.57. The Bertz CT molecular complexity index is 3060. The molecule has 65 heavy (non-hydrogen) atoms. The van der Waals surface area contributed by atoms with Crippen molar-refractivity contribution in [2.45, 2.75) is 38.5 Å². The number of rotatable bonds is 16. The summed E-state index contributed by atoms with van der Waals surface area (Å²) in [6.45, 7) is -1.26. The lowest BCUT2D eigenvalue weighted by atomic mass is 10.0. The zero-order valence-corrected chi connectivity index (χ0v) is 34.6. The first-order chi connectivity index (χ1) is 31.1. The van der Waals surface area contributed by atoms with Crippen molar-refractivity contribution in [1.29, 1.82) is 0 Å². The monoisotopic (exact) mass is 918 g/mol. The quantitative estimate of drug-likeness (QED) is 0.0713. The normalized spacial score (nSPS) is 14.9. The maximum absolute atomic E-state index is 14.8. The van der Waals surface area contributed by atoms with E-state index in [0.717, 1.165) is 9.47 Å². The topological polar surface area (TPSA) is 249 Å². The summed E-state index contributed by atoms with van der Waals surface area (Å²) in [6, 6.07) is 7.19. The molecule has 0 bridgehead atoms. The summed E-state index contributed by atoms with van der Waals surface area (Å²) in [5, 5.41) is 20.6. The maximum Gasteiger partial charge on any atom is 0.355 e. The molecule has 25 heteroatoms. The Morgan fingerprint density at radius 3 is 2.49 bits per heavy atom. The zero-order chi connectivity index (χ0) is 46.1. The van der Waals surface area contributed by atoms with Gasteiger partial charge in [-0.2, -0.15) is 10.1 Å². The van der Waals surface area contributed by atoms with Gasteiger partial charge in [0.2, 0.25) is 23.7 Å². The van der Waals surface area contributed by atoms with Crippen LogP contribution in [-0.2, 0) is 50.5 Å². The second-order valence-corrected chi connectivity index (χ2v) is 15.1. The molecule has 3 aromatic carbocycles. The van der Waals surface area contributed by atoms with E-state index >= 15 is 0 Å².